The van der Waals surface area contributed by atoms with E-state index in [1.165, 1.54) is 97.8 Å². The Kier molecular flexibility index (Phi) is 14.2. The zero-order chi connectivity index (χ0) is 64.9. The highest BCUT2D eigenvalue weighted by molar-refractivity contribution is 7.26. The van der Waals surface area contributed by atoms with Crippen molar-refractivity contribution in [3.8, 4) is 16.8 Å². The molecule has 0 aliphatic carbocycles. The van der Waals surface area contributed by atoms with Gasteiger partial charge in [-0.05, 0) is 185 Å². The maximum Gasteiger partial charge on any atom is 0.252 e. The number of fused-ring (bicyclic) bond motifs is 9. The highest BCUT2D eigenvalue weighted by Gasteiger charge is 2.45. The van der Waals surface area contributed by atoms with Crippen molar-refractivity contribution in [3.05, 3.63) is 246 Å². The van der Waals surface area contributed by atoms with Crippen molar-refractivity contribution in [2.45, 2.75) is 157 Å². The molecule has 0 bridgehead atoms. The molecule has 4 heterocycles. The summed E-state index contributed by atoms with van der Waals surface area (Å²) in [6, 6.07) is 82.7. The molecule has 92 heavy (non-hydrogen) atoms. The third-order valence-corrected chi connectivity index (χ3v) is 20.9. The van der Waals surface area contributed by atoms with Crippen molar-refractivity contribution in [1.82, 2.24) is 4.57 Å². The van der Waals surface area contributed by atoms with E-state index in [9.17, 15) is 0 Å². The Hall–Kier alpha value is -8.58. The van der Waals surface area contributed by atoms with Crippen molar-refractivity contribution < 1.29 is 0 Å². The molecule has 0 fully saturated rings. The number of anilines is 9. The number of aromatic nitrogens is 1. The minimum atomic E-state index is -0.132. The van der Waals surface area contributed by atoms with E-state index < -0.39 is 0 Å². The van der Waals surface area contributed by atoms with Crippen molar-refractivity contribution >= 4 is 117 Å². The molecule has 10 aromatic carbocycles. The summed E-state index contributed by atoms with van der Waals surface area (Å²) in [5, 5.41) is 2.60. The molecular formula is C86H89BN4S. The number of hydrogen-bond acceptors (Lipinski definition) is 4. The predicted molar refractivity (Wildman–Crippen MR) is 403 cm³/mol. The molecule has 0 unspecified atom stereocenters. The molecule has 0 radical (unpaired) electrons. The lowest BCUT2D eigenvalue weighted by Gasteiger charge is -2.43. The van der Waals surface area contributed by atoms with E-state index in [0.29, 0.717) is 0 Å². The normalized spacial score (nSPS) is 13.5. The van der Waals surface area contributed by atoms with E-state index in [2.05, 4.69) is 356 Å². The molecule has 6 heteroatoms. The summed E-state index contributed by atoms with van der Waals surface area (Å²) in [7, 11) is 0. The summed E-state index contributed by atoms with van der Waals surface area (Å²) in [5.74, 6) is 0. The summed E-state index contributed by atoms with van der Waals surface area (Å²) in [4.78, 5) is 7.70. The maximum absolute atomic E-state index is 2.70. The number of nitrogens with zero attached hydrogens (tertiary/aromatic N) is 4. The van der Waals surface area contributed by atoms with E-state index >= 15 is 0 Å². The molecule has 462 valence electrons. The fourth-order valence-corrected chi connectivity index (χ4v) is 15.5. The van der Waals surface area contributed by atoms with E-state index in [1.54, 1.807) is 0 Å². The van der Waals surface area contributed by atoms with Gasteiger partial charge in [0, 0.05) is 66.5 Å². The molecule has 4 nitrogen and oxygen atoms in total. The second kappa shape index (κ2) is 21.5. The van der Waals surface area contributed by atoms with Gasteiger partial charge in [0.25, 0.3) is 6.71 Å². The number of benzene rings is 10. The van der Waals surface area contributed by atoms with E-state index in [0.717, 1.165) is 51.2 Å². The Morgan fingerprint density at radius 1 is 0.315 bits per heavy atom. The lowest BCUT2D eigenvalue weighted by molar-refractivity contribution is 0.590. The third kappa shape index (κ3) is 10.5. The Bertz CT molecular complexity index is 4710. The van der Waals surface area contributed by atoms with Gasteiger partial charge in [-0.1, -0.05) is 240 Å². The van der Waals surface area contributed by atoms with E-state index in [1.807, 2.05) is 11.3 Å². The van der Waals surface area contributed by atoms with Crippen LogP contribution in [-0.4, -0.2) is 11.3 Å². The average molecular weight is 1220 g/mol. The molecule has 12 aromatic rings. The van der Waals surface area contributed by atoms with Crippen LogP contribution in [0, 0.1) is 0 Å². The fraction of sp³-hybridized carbons (Fsp3) is 0.279. The molecule has 0 saturated heterocycles. The van der Waals surface area contributed by atoms with Crippen LogP contribution < -0.4 is 31.1 Å². The van der Waals surface area contributed by atoms with Gasteiger partial charge in [-0.3, -0.25) is 0 Å². The van der Waals surface area contributed by atoms with Crippen molar-refractivity contribution in [2.75, 3.05) is 14.7 Å². The summed E-state index contributed by atoms with van der Waals surface area (Å²) >= 11 is 1.94. The van der Waals surface area contributed by atoms with Crippen LogP contribution in [0.2, 0.25) is 0 Å². The first-order valence-electron chi connectivity index (χ1n) is 33.3. The summed E-state index contributed by atoms with van der Waals surface area (Å²) in [6.07, 6.45) is 0. The Morgan fingerprint density at radius 3 is 1.25 bits per heavy atom. The summed E-state index contributed by atoms with van der Waals surface area (Å²) < 4.78 is 5.34. The largest absolute Gasteiger partial charge is 0.311 e. The highest BCUT2D eigenvalue weighted by Crippen LogP contribution is 2.52. The third-order valence-electron chi connectivity index (χ3n) is 19.7. The molecule has 0 N–H and O–H groups in total. The van der Waals surface area contributed by atoms with Crippen LogP contribution in [0.25, 0.3) is 48.0 Å². The van der Waals surface area contributed by atoms with Gasteiger partial charge in [0.1, 0.15) is 0 Å². The van der Waals surface area contributed by atoms with Crippen LogP contribution in [-0.2, 0) is 32.5 Å². The first-order valence-corrected chi connectivity index (χ1v) is 34.1. The zero-order valence-electron chi connectivity index (χ0n) is 57.5. The van der Waals surface area contributed by atoms with Gasteiger partial charge in [0.2, 0.25) is 0 Å². The molecule has 2 aromatic heterocycles. The van der Waals surface area contributed by atoms with Crippen LogP contribution >= 0.6 is 11.3 Å². The van der Waals surface area contributed by atoms with Gasteiger partial charge in [-0.15, -0.1) is 11.3 Å². The van der Waals surface area contributed by atoms with E-state index in [-0.39, 0.29) is 39.2 Å². The summed E-state index contributed by atoms with van der Waals surface area (Å²) in [6.45, 7) is 41.7. The van der Waals surface area contributed by atoms with E-state index in [4.69, 9.17) is 0 Å². The van der Waals surface area contributed by atoms with Gasteiger partial charge >= 0.3 is 0 Å². The molecule has 0 saturated carbocycles. The first-order chi connectivity index (χ1) is 43.4. The molecular weight excluding hydrogens is 1130 g/mol. The number of thiophene rings is 1. The molecule has 0 atom stereocenters. The molecule has 2 aliphatic heterocycles. The Morgan fingerprint density at radius 2 is 0.750 bits per heavy atom. The number of hydrogen-bond donors (Lipinski definition) is 0. The van der Waals surface area contributed by atoms with Gasteiger partial charge < -0.3 is 19.3 Å². The highest BCUT2D eigenvalue weighted by atomic mass is 32.1. The molecule has 0 spiro atoms. The standard InChI is InChI=1S/C86H89BN4S/c1-81(2,3)55-28-37-61(38-29-55)88(62-39-30-56(31-40-62)82(4,5)6)65-45-46-70-73(51-65)90(72-47-36-59(85(13,14)15)48-68(72)54-24-20-19-21-25-54)74-52-66(89(63-41-32-57(33-42-63)83(7,8)9)64-43-34-58(35-44-64)84(10,11)12)53-75-77(74)87(70)71-50-60(86(16,17)18)49-69-78(71)91(75)79-67-26-22-23-27-76(67)92-80(69)79/h19-53H,1-18H3. The van der Waals surface area contributed by atoms with Gasteiger partial charge in [-0.2, -0.15) is 0 Å². The molecule has 2 aliphatic rings. The maximum atomic E-state index is 2.70. The molecule has 0 amide bonds. The monoisotopic (exact) mass is 1220 g/mol. The number of rotatable bonds is 8. The van der Waals surface area contributed by atoms with Crippen molar-refractivity contribution in [3.63, 3.8) is 0 Å². The van der Waals surface area contributed by atoms with Crippen LogP contribution in [0.15, 0.2) is 212 Å². The first kappa shape index (κ1) is 61.0. The zero-order valence-corrected chi connectivity index (χ0v) is 58.3. The predicted octanol–water partition coefficient (Wildman–Crippen LogP) is 23.0. The van der Waals surface area contributed by atoms with Crippen molar-refractivity contribution in [2.24, 2.45) is 0 Å². The van der Waals surface area contributed by atoms with Gasteiger partial charge in [0.05, 0.1) is 27.1 Å². The van der Waals surface area contributed by atoms with Crippen LogP contribution in [0.4, 0.5) is 51.2 Å². The second-order valence-electron chi connectivity index (χ2n) is 32.4. The Labute approximate surface area is 552 Å². The topological polar surface area (TPSA) is 14.7 Å². The second-order valence-corrected chi connectivity index (χ2v) is 33.5. The summed E-state index contributed by atoms with van der Waals surface area (Å²) in [5.41, 5.74) is 27.7. The average Bonchev–Trinajstić information content (AvgIpc) is 1.55. The molecule has 14 rings (SSSR count). The fourth-order valence-electron chi connectivity index (χ4n) is 14.3. The van der Waals surface area contributed by atoms with Crippen LogP contribution in [0.3, 0.4) is 0 Å². The smallest absolute Gasteiger partial charge is 0.252 e. The van der Waals surface area contributed by atoms with Crippen LogP contribution in [0.5, 0.6) is 0 Å². The lowest BCUT2D eigenvalue weighted by atomic mass is 9.33. The minimum Gasteiger partial charge on any atom is -0.311 e. The lowest BCUT2D eigenvalue weighted by Crippen LogP contribution is -2.60. The Balaban J connectivity index is 1.15. The quantitative estimate of drug-likeness (QED) is 0.141. The SMILES string of the molecule is CC(C)(C)c1ccc(N(c2ccc(C(C)(C)C)cc2)c2ccc3c(c2)N(c2ccc(C(C)(C)C)cc2-c2ccccc2)c2cc(N(c4ccc(C(C)(C)C)cc4)c4ccc(C(C)(C)C)cc4)cc4c2B3c2cc(C(C)(C)C)cc3c5sc6ccccc6c5n-4c23)cc1. The van der Waals surface area contributed by atoms with Gasteiger partial charge in [0.15, 0.2) is 0 Å². The van der Waals surface area contributed by atoms with Crippen LogP contribution in [0.1, 0.15) is 158 Å². The minimum absolute atomic E-state index is 0.00669. The van der Waals surface area contributed by atoms with Crippen molar-refractivity contribution in [1.29, 1.82) is 0 Å². The van der Waals surface area contributed by atoms with Gasteiger partial charge in [-0.25, -0.2) is 0 Å².